The molecule has 3 heteroatoms. The Hall–Kier alpha value is -1.32. The number of hydrogen-bond donors (Lipinski definition) is 1. The zero-order valence-electron chi connectivity index (χ0n) is 11.8. The average molecular weight is 334 g/mol. The number of nitrogens with two attached hydrogens (primary N) is 1. The summed E-state index contributed by atoms with van der Waals surface area (Å²) >= 11 is 3.57. The van der Waals surface area contributed by atoms with Crippen LogP contribution in [-0.4, -0.2) is 6.10 Å². The van der Waals surface area contributed by atoms with Crippen LogP contribution in [0.15, 0.2) is 53.0 Å². The van der Waals surface area contributed by atoms with Gasteiger partial charge in [-0.25, -0.2) is 0 Å². The van der Waals surface area contributed by atoms with Gasteiger partial charge in [-0.3, -0.25) is 0 Å². The second-order valence-electron chi connectivity index (χ2n) is 5.11. The Morgan fingerprint density at radius 3 is 2.40 bits per heavy atom. The van der Waals surface area contributed by atoms with Gasteiger partial charge in [0.25, 0.3) is 0 Å². The largest absolute Gasteiger partial charge is 0.491 e. The molecular formula is C17H20BrNO. The molecule has 2 rings (SSSR count). The maximum Gasteiger partial charge on any atom is 0.124 e. The summed E-state index contributed by atoms with van der Waals surface area (Å²) in [6, 6.07) is 16.1. The summed E-state index contributed by atoms with van der Waals surface area (Å²) in [5.74, 6) is 0.877. The van der Waals surface area contributed by atoms with Crippen LogP contribution in [0, 0.1) is 0 Å². The lowest BCUT2D eigenvalue weighted by Gasteiger charge is -2.19. The summed E-state index contributed by atoms with van der Waals surface area (Å²) in [5.41, 5.74) is 8.63. The minimum atomic E-state index is -0.0800. The molecule has 0 aromatic heterocycles. The smallest absolute Gasteiger partial charge is 0.124 e. The maximum atomic E-state index is 6.37. The molecule has 0 spiro atoms. The fourth-order valence-electron chi connectivity index (χ4n) is 2.16. The van der Waals surface area contributed by atoms with E-state index >= 15 is 0 Å². The van der Waals surface area contributed by atoms with Crippen LogP contribution < -0.4 is 10.5 Å². The first-order valence-electron chi connectivity index (χ1n) is 6.82. The van der Waals surface area contributed by atoms with Crippen molar-refractivity contribution < 1.29 is 4.74 Å². The first-order valence-corrected chi connectivity index (χ1v) is 7.62. The first-order chi connectivity index (χ1) is 9.58. The van der Waals surface area contributed by atoms with Gasteiger partial charge in [-0.15, -0.1) is 0 Å². The lowest BCUT2D eigenvalue weighted by atomic mass is 9.99. The third kappa shape index (κ3) is 3.84. The molecule has 2 nitrogen and oxygen atoms in total. The SMILES string of the molecule is CC(C)Oc1ccccc1C(N)Cc1ccccc1Br. The molecule has 0 fully saturated rings. The molecule has 0 aliphatic heterocycles. The number of ether oxygens (including phenoxy) is 1. The minimum absolute atomic E-state index is 0.0800. The fourth-order valence-corrected chi connectivity index (χ4v) is 2.61. The Balaban J connectivity index is 2.21. The van der Waals surface area contributed by atoms with Gasteiger partial charge < -0.3 is 10.5 Å². The molecule has 0 saturated carbocycles. The highest BCUT2D eigenvalue weighted by atomic mass is 79.9. The third-order valence-corrected chi connectivity index (χ3v) is 3.85. The number of para-hydroxylation sites is 1. The Kier molecular flexibility index (Phi) is 5.21. The van der Waals surface area contributed by atoms with Crippen LogP contribution in [-0.2, 0) is 6.42 Å². The molecular weight excluding hydrogens is 314 g/mol. The van der Waals surface area contributed by atoms with Crippen LogP contribution in [0.2, 0.25) is 0 Å². The van der Waals surface area contributed by atoms with Crippen molar-refractivity contribution in [3.63, 3.8) is 0 Å². The number of rotatable bonds is 5. The second kappa shape index (κ2) is 6.91. The van der Waals surface area contributed by atoms with Gasteiger partial charge in [-0.1, -0.05) is 52.3 Å². The van der Waals surface area contributed by atoms with E-state index in [9.17, 15) is 0 Å². The summed E-state index contributed by atoms with van der Waals surface area (Å²) in [5, 5.41) is 0. The predicted molar refractivity (Wildman–Crippen MR) is 87.0 cm³/mol. The van der Waals surface area contributed by atoms with E-state index in [1.165, 1.54) is 5.56 Å². The Morgan fingerprint density at radius 1 is 1.05 bits per heavy atom. The Morgan fingerprint density at radius 2 is 1.70 bits per heavy atom. The van der Waals surface area contributed by atoms with Crippen molar-refractivity contribution in [3.8, 4) is 5.75 Å². The van der Waals surface area contributed by atoms with Crippen molar-refractivity contribution >= 4 is 15.9 Å². The van der Waals surface area contributed by atoms with E-state index in [1.54, 1.807) is 0 Å². The monoisotopic (exact) mass is 333 g/mol. The number of halogens is 1. The molecule has 0 bridgehead atoms. The summed E-state index contributed by atoms with van der Waals surface area (Å²) < 4.78 is 6.94. The van der Waals surface area contributed by atoms with Crippen LogP contribution in [0.4, 0.5) is 0 Å². The summed E-state index contributed by atoms with van der Waals surface area (Å²) in [6.45, 7) is 4.05. The average Bonchev–Trinajstić information content (AvgIpc) is 2.41. The summed E-state index contributed by atoms with van der Waals surface area (Å²) in [6.07, 6.45) is 0.923. The van der Waals surface area contributed by atoms with Crippen LogP contribution in [0.5, 0.6) is 5.75 Å². The standard InChI is InChI=1S/C17H20BrNO/c1-12(2)20-17-10-6-4-8-14(17)16(19)11-13-7-3-5-9-15(13)18/h3-10,12,16H,11,19H2,1-2H3. The van der Waals surface area contributed by atoms with Gasteiger partial charge in [-0.2, -0.15) is 0 Å². The normalized spacial score (nSPS) is 12.4. The predicted octanol–water partition coefficient (Wildman–Crippen LogP) is 4.48. The molecule has 0 aliphatic rings. The molecule has 2 aromatic rings. The second-order valence-corrected chi connectivity index (χ2v) is 5.96. The zero-order chi connectivity index (χ0) is 14.5. The molecule has 2 N–H and O–H groups in total. The van der Waals surface area contributed by atoms with Crippen molar-refractivity contribution in [2.45, 2.75) is 32.4 Å². The number of benzene rings is 2. The van der Waals surface area contributed by atoms with Crippen LogP contribution in [0.3, 0.4) is 0 Å². The highest BCUT2D eigenvalue weighted by molar-refractivity contribution is 9.10. The topological polar surface area (TPSA) is 35.2 Å². The van der Waals surface area contributed by atoms with Crippen LogP contribution >= 0.6 is 15.9 Å². The van der Waals surface area contributed by atoms with E-state index in [0.29, 0.717) is 0 Å². The molecule has 0 amide bonds. The molecule has 2 aromatic carbocycles. The van der Waals surface area contributed by atoms with Gasteiger partial charge in [0.15, 0.2) is 0 Å². The van der Waals surface area contributed by atoms with Crippen LogP contribution in [0.1, 0.15) is 31.0 Å². The van der Waals surface area contributed by atoms with Crippen molar-refractivity contribution in [1.82, 2.24) is 0 Å². The van der Waals surface area contributed by atoms with Crippen molar-refractivity contribution in [1.29, 1.82) is 0 Å². The first kappa shape index (κ1) is 15.1. The third-order valence-electron chi connectivity index (χ3n) is 3.08. The highest BCUT2D eigenvalue weighted by Crippen LogP contribution is 2.28. The molecule has 1 unspecified atom stereocenters. The van der Waals surface area contributed by atoms with Gasteiger partial charge in [0.05, 0.1) is 6.10 Å². The maximum absolute atomic E-state index is 6.37. The Bertz CT molecular complexity index is 568. The van der Waals surface area contributed by atoms with Crippen molar-refractivity contribution in [3.05, 3.63) is 64.1 Å². The molecule has 0 heterocycles. The van der Waals surface area contributed by atoms with E-state index in [1.807, 2.05) is 56.3 Å². The van der Waals surface area contributed by atoms with Gasteiger partial charge >= 0.3 is 0 Å². The molecule has 0 saturated heterocycles. The van der Waals surface area contributed by atoms with Gasteiger partial charge in [0, 0.05) is 16.1 Å². The van der Waals surface area contributed by atoms with E-state index < -0.39 is 0 Å². The lowest BCUT2D eigenvalue weighted by molar-refractivity contribution is 0.238. The zero-order valence-corrected chi connectivity index (χ0v) is 13.4. The highest BCUT2D eigenvalue weighted by Gasteiger charge is 2.14. The quantitative estimate of drug-likeness (QED) is 0.875. The molecule has 0 aliphatic carbocycles. The van der Waals surface area contributed by atoms with Gasteiger partial charge in [0.1, 0.15) is 5.75 Å². The van der Waals surface area contributed by atoms with Crippen molar-refractivity contribution in [2.75, 3.05) is 0 Å². The van der Waals surface area contributed by atoms with E-state index in [4.69, 9.17) is 10.5 Å². The number of hydrogen-bond acceptors (Lipinski definition) is 2. The van der Waals surface area contributed by atoms with E-state index in [0.717, 1.165) is 22.2 Å². The minimum Gasteiger partial charge on any atom is -0.491 e. The van der Waals surface area contributed by atoms with Crippen molar-refractivity contribution in [2.24, 2.45) is 5.73 Å². The van der Waals surface area contributed by atoms with Gasteiger partial charge in [0.2, 0.25) is 0 Å². The lowest BCUT2D eigenvalue weighted by Crippen LogP contribution is -2.16. The molecule has 106 valence electrons. The van der Waals surface area contributed by atoms with E-state index in [-0.39, 0.29) is 12.1 Å². The fraction of sp³-hybridized carbons (Fsp3) is 0.294. The molecule has 20 heavy (non-hydrogen) atoms. The van der Waals surface area contributed by atoms with Gasteiger partial charge in [-0.05, 0) is 38.0 Å². The summed E-state index contributed by atoms with van der Waals surface area (Å²) in [7, 11) is 0. The van der Waals surface area contributed by atoms with E-state index in [2.05, 4.69) is 22.0 Å². The molecule has 0 radical (unpaired) electrons. The van der Waals surface area contributed by atoms with Crippen LogP contribution in [0.25, 0.3) is 0 Å². The molecule has 1 atom stereocenters. The Labute approximate surface area is 129 Å². The summed E-state index contributed by atoms with van der Waals surface area (Å²) in [4.78, 5) is 0.